The SMILES string of the molecule is O=S1(=O)CCC(C(O)c2ccc3c(c2)COC2(CCN(C4CCC4)CC2)O3)CC1. The van der Waals surface area contributed by atoms with Crippen molar-refractivity contribution in [1.29, 1.82) is 0 Å². The molecular formula is C22H31NO5S. The Morgan fingerprint density at radius 3 is 2.48 bits per heavy atom. The van der Waals surface area contributed by atoms with Crippen molar-refractivity contribution in [2.24, 2.45) is 5.92 Å². The minimum atomic E-state index is -2.92. The highest BCUT2D eigenvalue weighted by molar-refractivity contribution is 7.91. The number of aliphatic hydroxyl groups is 1. The van der Waals surface area contributed by atoms with Crippen LogP contribution in [-0.4, -0.2) is 54.8 Å². The van der Waals surface area contributed by atoms with Crippen molar-refractivity contribution in [2.75, 3.05) is 24.6 Å². The molecule has 3 fully saturated rings. The molecule has 3 aliphatic heterocycles. The number of aliphatic hydroxyl groups excluding tert-OH is 1. The van der Waals surface area contributed by atoms with E-state index in [0.717, 1.165) is 48.8 Å². The lowest BCUT2D eigenvalue weighted by Gasteiger charge is -2.47. The predicted octanol–water partition coefficient (Wildman–Crippen LogP) is 2.80. The van der Waals surface area contributed by atoms with Gasteiger partial charge in [0.25, 0.3) is 0 Å². The first kappa shape index (κ1) is 19.8. The zero-order chi connectivity index (χ0) is 20.1. The molecule has 0 bridgehead atoms. The smallest absolute Gasteiger partial charge is 0.213 e. The molecule has 3 heterocycles. The number of likely N-dealkylation sites (tertiary alicyclic amines) is 1. The van der Waals surface area contributed by atoms with Crippen molar-refractivity contribution in [1.82, 2.24) is 4.90 Å². The van der Waals surface area contributed by atoms with Crippen LogP contribution >= 0.6 is 0 Å². The number of nitrogens with zero attached hydrogens (tertiary/aromatic N) is 1. The maximum atomic E-state index is 11.7. The molecule has 1 aromatic carbocycles. The Morgan fingerprint density at radius 2 is 1.83 bits per heavy atom. The summed E-state index contributed by atoms with van der Waals surface area (Å²) in [5.74, 6) is 0.684. The van der Waals surface area contributed by atoms with Gasteiger partial charge in [-0.1, -0.05) is 12.5 Å². The third-order valence-corrected chi connectivity index (χ3v) is 9.12. The van der Waals surface area contributed by atoms with Crippen molar-refractivity contribution >= 4 is 9.84 Å². The van der Waals surface area contributed by atoms with E-state index in [4.69, 9.17) is 9.47 Å². The topological polar surface area (TPSA) is 76.1 Å². The van der Waals surface area contributed by atoms with E-state index in [-0.39, 0.29) is 17.4 Å². The number of hydrogen-bond donors (Lipinski definition) is 1. The minimum Gasteiger partial charge on any atom is -0.462 e. The Kier molecular flexibility index (Phi) is 5.13. The second kappa shape index (κ2) is 7.52. The highest BCUT2D eigenvalue weighted by Crippen LogP contribution is 2.41. The van der Waals surface area contributed by atoms with Crippen LogP contribution in [0.1, 0.15) is 62.2 Å². The van der Waals surface area contributed by atoms with Crippen LogP contribution in [0.25, 0.3) is 0 Å². The standard InChI is InChI=1S/C22H31NO5S/c24-21(16-6-12-29(25,26)13-7-16)17-4-5-20-18(14-17)15-27-22(28-20)8-10-23(11-9-22)19-2-1-3-19/h4-5,14,16,19,21,24H,1-3,6-13,15H2. The first-order chi connectivity index (χ1) is 13.9. The van der Waals surface area contributed by atoms with E-state index in [0.29, 0.717) is 19.4 Å². The van der Waals surface area contributed by atoms with Gasteiger partial charge >= 0.3 is 0 Å². The normalized spacial score (nSPS) is 28.3. The Balaban J connectivity index is 1.24. The molecule has 1 atom stereocenters. The lowest BCUT2D eigenvalue weighted by atomic mass is 9.88. The summed E-state index contributed by atoms with van der Waals surface area (Å²) in [6, 6.07) is 6.62. The van der Waals surface area contributed by atoms with Gasteiger partial charge in [0.1, 0.15) is 15.6 Å². The fraction of sp³-hybridized carbons (Fsp3) is 0.727. The van der Waals surface area contributed by atoms with E-state index < -0.39 is 21.7 Å². The molecule has 2 saturated heterocycles. The van der Waals surface area contributed by atoms with Gasteiger partial charge in [-0.3, -0.25) is 4.90 Å². The quantitative estimate of drug-likeness (QED) is 0.809. The minimum absolute atomic E-state index is 0.0100. The monoisotopic (exact) mass is 421 g/mol. The van der Waals surface area contributed by atoms with Gasteiger partial charge in [-0.15, -0.1) is 0 Å². The van der Waals surface area contributed by atoms with Gasteiger partial charge < -0.3 is 14.6 Å². The van der Waals surface area contributed by atoms with Crippen molar-refractivity contribution in [2.45, 2.75) is 69.5 Å². The predicted molar refractivity (Wildman–Crippen MR) is 109 cm³/mol. The molecular weight excluding hydrogens is 390 g/mol. The van der Waals surface area contributed by atoms with Crippen LogP contribution < -0.4 is 4.74 Å². The molecule has 1 N–H and O–H groups in total. The van der Waals surface area contributed by atoms with Crippen molar-refractivity contribution in [3.05, 3.63) is 29.3 Å². The molecule has 1 spiro atoms. The highest BCUT2D eigenvalue weighted by Gasteiger charge is 2.43. The van der Waals surface area contributed by atoms with Crippen molar-refractivity contribution < 1.29 is 23.0 Å². The number of ether oxygens (including phenoxy) is 2. The Labute approximate surface area is 173 Å². The van der Waals surface area contributed by atoms with E-state index in [2.05, 4.69) is 4.90 Å². The number of benzene rings is 1. The van der Waals surface area contributed by atoms with Crippen LogP contribution in [0.2, 0.25) is 0 Å². The number of hydrogen-bond acceptors (Lipinski definition) is 6. The average molecular weight is 422 g/mol. The molecule has 0 aromatic heterocycles. The summed E-state index contributed by atoms with van der Waals surface area (Å²) in [5.41, 5.74) is 1.80. The molecule has 6 nitrogen and oxygen atoms in total. The molecule has 4 aliphatic rings. The molecule has 1 saturated carbocycles. The lowest BCUT2D eigenvalue weighted by molar-refractivity contribution is -0.231. The van der Waals surface area contributed by atoms with Crippen LogP contribution in [-0.2, 0) is 21.2 Å². The van der Waals surface area contributed by atoms with E-state index >= 15 is 0 Å². The van der Waals surface area contributed by atoms with E-state index in [1.54, 1.807) is 0 Å². The van der Waals surface area contributed by atoms with Gasteiger partial charge in [0.15, 0.2) is 0 Å². The number of piperidine rings is 1. The third-order valence-electron chi connectivity index (χ3n) is 7.41. The fourth-order valence-corrected chi connectivity index (χ4v) is 6.69. The second-order valence-electron chi connectivity index (χ2n) is 9.22. The first-order valence-electron chi connectivity index (χ1n) is 11.0. The van der Waals surface area contributed by atoms with Crippen LogP contribution in [0.15, 0.2) is 18.2 Å². The summed E-state index contributed by atoms with van der Waals surface area (Å²) in [5, 5.41) is 10.8. The van der Waals surface area contributed by atoms with Gasteiger partial charge in [0, 0.05) is 37.5 Å². The summed E-state index contributed by atoms with van der Waals surface area (Å²) in [6.07, 6.45) is 6.20. The zero-order valence-corrected chi connectivity index (χ0v) is 17.7. The number of sulfone groups is 1. The molecule has 0 amide bonds. The summed E-state index contributed by atoms with van der Waals surface area (Å²) in [4.78, 5) is 2.58. The molecule has 1 aliphatic carbocycles. The van der Waals surface area contributed by atoms with Crippen LogP contribution in [0.3, 0.4) is 0 Å². The van der Waals surface area contributed by atoms with Gasteiger partial charge in [-0.2, -0.15) is 0 Å². The summed E-state index contributed by atoms with van der Waals surface area (Å²) < 4.78 is 35.9. The van der Waals surface area contributed by atoms with Crippen molar-refractivity contribution in [3.63, 3.8) is 0 Å². The second-order valence-corrected chi connectivity index (χ2v) is 11.5. The maximum Gasteiger partial charge on any atom is 0.213 e. The summed E-state index contributed by atoms with van der Waals surface area (Å²) >= 11 is 0. The lowest BCUT2D eigenvalue weighted by Crippen LogP contribution is -2.54. The Morgan fingerprint density at radius 1 is 1.10 bits per heavy atom. The van der Waals surface area contributed by atoms with Crippen LogP contribution in [0.4, 0.5) is 0 Å². The van der Waals surface area contributed by atoms with Crippen molar-refractivity contribution in [3.8, 4) is 5.75 Å². The molecule has 1 unspecified atom stereocenters. The summed E-state index contributed by atoms with van der Waals surface area (Å²) in [6.45, 7) is 2.56. The number of rotatable bonds is 3. The molecule has 5 rings (SSSR count). The fourth-order valence-electron chi connectivity index (χ4n) is 5.16. The van der Waals surface area contributed by atoms with Gasteiger partial charge in [-0.25, -0.2) is 8.42 Å². The third kappa shape index (κ3) is 3.94. The van der Waals surface area contributed by atoms with Gasteiger partial charge in [0.2, 0.25) is 5.79 Å². The van der Waals surface area contributed by atoms with E-state index in [1.165, 1.54) is 19.3 Å². The molecule has 29 heavy (non-hydrogen) atoms. The molecule has 160 valence electrons. The Bertz CT molecular complexity index is 844. The van der Waals surface area contributed by atoms with Crippen LogP contribution in [0, 0.1) is 5.92 Å². The largest absolute Gasteiger partial charge is 0.462 e. The first-order valence-corrected chi connectivity index (χ1v) is 12.8. The Hall–Kier alpha value is -1.15. The zero-order valence-electron chi connectivity index (χ0n) is 16.9. The van der Waals surface area contributed by atoms with E-state index in [1.807, 2.05) is 18.2 Å². The highest BCUT2D eigenvalue weighted by atomic mass is 32.2. The molecule has 1 aromatic rings. The molecule has 0 radical (unpaired) electrons. The maximum absolute atomic E-state index is 11.7. The average Bonchev–Trinajstić information content (AvgIpc) is 2.68. The van der Waals surface area contributed by atoms with Gasteiger partial charge in [0.05, 0.1) is 24.2 Å². The van der Waals surface area contributed by atoms with E-state index in [9.17, 15) is 13.5 Å². The number of fused-ring (bicyclic) bond motifs is 1. The molecule has 7 heteroatoms. The summed E-state index contributed by atoms with van der Waals surface area (Å²) in [7, 11) is -2.92. The van der Waals surface area contributed by atoms with Crippen LogP contribution in [0.5, 0.6) is 5.75 Å². The van der Waals surface area contributed by atoms with Gasteiger partial charge in [-0.05, 0) is 49.3 Å².